The number of aromatic nitrogens is 2. The summed E-state index contributed by atoms with van der Waals surface area (Å²) in [6.45, 7) is 8.07. The van der Waals surface area contributed by atoms with Crippen LogP contribution in [-0.4, -0.2) is 70.6 Å². The van der Waals surface area contributed by atoms with E-state index in [2.05, 4.69) is 32.7 Å². The maximum atomic E-state index is 12.1. The van der Waals surface area contributed by atoms with Gasteiger partial charge in [-0.2, -0.15) is 0 Å². The molecule has 0 bridgehead atoms. The van der Waals surface area contributed by atoms with Gasteiger partial charge < -0.3 is 15.5 Å². The van der Waals surface area contributed by atoms with Crippen LogP contribution in [0.3, 0.4) is 0 Å². The predicted molar refractivity (Wildman–Crippen MR) is 108 cm³/mol. The zero-order chi connectivity index (χ0) is 18.8. The van der Waals surface area contributed by atoms with Crippen LogP contribution in [0.25, 0.3) is 0 Å². The third-order valence-electron chi connectivity index (χ3n) is 4.01. The lowest BCUT2D eigenvalue weighted by Gasteiger charge is -2.31. The summed E-state index contributed by atoms with van der Waals surface area (Å²) in [5.74, 6) is 0.753. The standard InChI is InChI=1S/C16H27N5O2S3/c1-3-7-17-13(22)10-24-15-19-20-16(26-15)25-11-14(23)18-12-5-8-21(4-2)9-6-12/h12H,3-11H2,1-2H3,(H,17,22)(H,18,23). The van der Waals surface area contributed by atoms with Crippen molar-refractivity contribution < 1.29 is 9.59 Å². The van der Waals surface area contributed by atoms with E-state index < -0.39 is 0 Å². The van der Waals surface area contributed by atoms with Crippen LogP contribution in [0.15, 0.2) is 8.68 Å². The molecule has 10 heteroatoms. The Labute approximate surface area is 167 Å². The average molecular weight is 418 g/mol. The van der Waals surface area contributed by atoms with Gasteiger partial charge in [0.25, 0.3) is 0 Å². The molecule has 1 aliphatic heterocycles. The Morgan fingerprint density at radius 2 is 1.73 bits per heavy atom. The van der Waals surface area contributed by atoms with Crippen molar-refractivity contribution in [2.45, 2.75) is 47.8 Å². The van der Waals surface area contributed by atoms with Crippen molar-refractivity contribution in [3.63, 3.8) is 0 Å². The predicted octanol–water partition coefficient (Wildman–Crippen LogP) is 1.85. The number of likely N-dealkylation sites (tertiary alicyclic amines) is 1. The lowest BCUT2D eigenvalue weighted by molar-refractivity contribution is -0.120. The second kappa shape index (κ2) is 11.8. The summed E-state index contributed by atoms with van der Waals surface area (Å²) in [7, 11) is 0. The van der Waals surface area contributed by atoms with Crippen molar-refractivity contribution in [1.82, 2.24) is 25.7 Å². The van der Waals surface area contributed by atoms with E-state index in [1.54, 1.807) is 0 Å². The SMILES string of the molecule is CCCNC(=O)CSc1nnc(SCC(=O)NC2CCN(CC)CC2)s1. The summed E-state index contributed by atoms with van der Waals surface area (Å²) in [6, 6.07) is 0.285. The van der Waals surface area contributed by atoms with Gasteiger partial charge in [0.05, 0.1) is 11.5 Å². The minimum atomic E-state index is 0.00903. The molecular weight excluding hydrogens is 390 g/mol. The van der Waals surface area contributed by atoms with Crippen LogP contribution >= 0.6 is 34.9 Å². The van der Waals surface area contributed by atoms with E-state index in [1.807, 2.05) is 6.92 Å². The monoisotopic (exact) mass is 417 g/mol. The van der Waals surface area contributed by atoms with Crippen molar-refractivity contribution in [2.24, 2.45) is 0 Å². The second-order valence-corrected chi connectivity index (χ2v) is 9.46. The largest absolute Gasteiger partial charge is 0.355 e. The number of carbonyl (C=O) groups is 2. The summed E-state index contributed by atoms with van der Waals surface area (Å²) >= 11 is 4.21. The molecule has 2 N–H and O–H groups in total. The van der Waals surface area contributed by atoms with E-state index in [0.29, 0.717) is 18.1 Å². The van der Waals surface area contributed by atoms with Crippen LogP contribution in [-0.2, 0) is 9.59 Å². The molecule has 1 aromatic heterocycles. The molecule has 1 aliphatic rings. The Hall–Kier alpha value is -0.840. The van der Waals surface area contributed by atoms with Gasteiger partial charge in [0.15, 0.2) is 8.68 Å². The minimum Gasteiger partial charge on any atom is -0.355 e. The zero-order valence-corrected chi connectivity index (χ0v) is 17.8. The van der Waals surface area contributed by atoms with Crippen molar-refractivity contribution in [3.05, 3.63) is 0 Å². The van der Waals surface area contributed by atoms with E-state index >= 15 is 0 Å². The molecule has 7 nitrogen and oxygen atoms in total. The molecule has 0 radical (unpaired) electrons. The molecule has 1 fully saturated rings. The summed E-state index contributed by atoms with van der Waals surface area (Å²) in [5, 5.41) is 14.1. The highest BCUT2D eigenvalue weighted by atomic mass is 32.2. The highest BCUT2D eigenvalue weighted by molar-refractivity contribution is 8.03. The Kier molecular flexibility index (Phi) is 9.73. The van der Waals surface area contributed by atoms with Crippen molar-refractivity contribution in [3.8, 4) is 0 Å². The van der Waals surface area contributed by atoms with Crippen molar-refractivity contribution >= 4 is 46.7 Å². The molecule has 0 atom stereocenters. The number of piperidine rings is 1. The molecule has 0 aromatic carbocycles. The van der Waals surface area contributed by atoms with Crippen molar-refractivity contribution in [2.75, 3.05) is 37.7 Å². The normalized spacial score (nSPS) is 15.8. The van der Waals surface area contributed by atoms with Crippen LogP contribution in [0.2, 0.25) is 0 Å². The summed E-state index contributed by atoms with van der Waals surface area (Å²) in [4.78, 5) is 26.1. The molecule has 2 amide bonds. The fraction of sp³-hybridized carbons (Fsp3) is 0.750. The Morgan fingerprint density at radius 1 is 1.12 bits per heavy atom. The lowest BCUT2D eigenvalue weighted by Crippen LogP contribution is -2.45. The molecule has 0 saturated carbocycles. The fourth-order valence-corrected chi connectivity index (χ4v) is 5.21. The molecule has 146 valence electrons. The highest BCUT2D eigenvalue weighted by Crippen LogP contribution is 2.28. The second-order valence-electron chi connectivity index (χ2n) is 6.04. The third kappa shape index (κ3) is 7.81. The molecule has 2 rings (SSSR count). The molecule has 2 heterocycles. The fourth-order valence-electron chi connectivity index (χ4n) is 2.55. The number of nitrogens with zero attached hydrogens (tertiary/aromatic N) is 3. The Morgan fingerprint density at radius 3 is 2.31 bits per heavy atom. The number of hydrogen-bond donors (Lipinski definition) is 2. The first-order chi connectivity index (χ1) is 12.6. The van der Waals surface area contributed by atoms with E-state index in [0.717, 1.165) is 47.6 Å². The third-order valence-corrected chi connectivity index (χ3v) is 7.20. The summed E-state index contributed by atoms with van der Waals surface area (Å²) in [6.07, 6.45) is 2.96. The minimum absolute atomic E-state index is 0.00903. The number of thioether (sulfide) groups is 2. The number of amides is 2. The number of hydrogen-bond acceptors (Lipinski definition) is 8. The molecule has 1 aromatic rings. The van der Waals surface area contributed by atoms with E-state index in [4.69, 9.17) is 0 Å². The Balaban J connectivity index is 1.64. The highest BCUT2D eigenvalue weighted by Gasteiger charge is 2.20. The van der Waals surface area contributed by atoms with E-state index in [1.165, 1.54) is 34.9 Å². The van der Waals surface area contributed by atoms with E-state index in [-0.39, 0.29) is 17.9 Å². The summed E-state index contributed by atoms with van der Waals surface area (Å²) in [5.41, 5.74) is 0. The van der Waals surface area contributed by atoms with Gasteiger partial charge in [0.1, 0.15) is 0 Å². The topological polar surface area (TPSA) is 87.2 Å². The van der Waals surface area contributed by atoms with Gasteiger partial charge in [0.2, 0.25) is 11.8 Å². The van der Waals surface area contributed by atoms with Crippen molar-refractivity contribution in [1.29, 1.82) is 0 Å². The van der Waals surface area contributed by atoms with Gasteiger partial charge >= 0.3 is 0 Å². The average Bonchev–Trinajstić information content (AvgIpc) is 3.11. The van der Waals surface area contributed by atoms with Crippen LogP contribution in [0.1, 0.15) is 33.1 Å². The first-order valence-electron chi connectivity index (χ1n) is 8.98. The van der Waals surface area contributed by atoms with Gasteiger partial charge in [-0.15, -0.1) is 10.2 Å². The zero-order valence-electron chi connectivity index (χ0n) is 15.3. The summed E-state index contributed by atoms with van der Waals surface area (Å²) < 4.78 is 1.52. The first-order valence-corrected chi connectivity index (χ1v) is 11.8. The first kappa shape index (κ1) is 21.5. The molecule has 0 unspecified atom stereocenters. The maximum Gasteiger partial charge on any atom is 0.230 e. The smallest absolute Gasteiger partial charge is 0.230 e. The van der Waals surface area contributed by atoms with Gasteiger partial charge in [0, 0.05) is 25.7 Å². The number of nitrogens with one attached hydrogen (secondary N) is 2. The van der Waals surface area contributed by atoms with Crippen LogP contribution < -0.4 is 10.6 Å². The van der Waals surface area contributed by atoms with Crippen LogP contribution in [0, 0.1) is 0 Å². The van der Waals surface area contributed by atoms with Gasteiger partial charge in [-0.05, 0) is 25.8 Å². The number of rotatable bonds is 10. The Bertz CT molecular complexity index is 576. The molecule has 0 spiro atoms. The molecule has 26 heavy (non-hydrogen) atoms. The molecule has 0 aliphatic carbocycles. The number of carbonyl (C=O) groups excluding carboxylic acids is 2. The lowest BCUT2D eigenvalue weighted by atomic mass is 10.1. The van der Waals surface area contributed by atoms with Crippen LogP contribution in [0.4, 0.5) is 0 Å². The molecular formula is C16H27N5O2S3. The van der Waals surface area contributed by atoms with Crippen LogP contribution in [0.5, 0.6) is 0 Å². The van der Waals surface area contributed by atoms with Gasteiger partial charge in [-0.25, -0.2) is 0 Å². The van der Waals surface area contributed by atoms with E-state index in [9.17, 15) is 9.59 Å². The maximum absolute atomic E-state index is 12.1. The van der Waals surface area contributed by atoms with Gasteiger partial charge in [-0.1, -0.05) is 48.7 Å². The molecule has 1 saturated heterocycles. The van der Waals surface area contributed by atoms with Gasteiger partial charge in [-0.3, -0.25) is 9.59 Å². The quantitative estimate of drug-likeness (QED) is 0.562.